The van der Waals surface area contributed by atoms with Gasteiger partial charge >= 0.3 is 0 Å². The van der Waals surface area contributed by atoms with Crippen LogP contribution < -0.4 is 0 Å². The number of benzene rings is 2. The number of fused-ring (bicyclic) bond motifs is 1. The van der Waals surface area contributed by atoms with Crippen LogP contribution in [0, 0.1) is 6.92 Å². The molecule has 1 aromatic heterocycles. The van der Waals surface area contributed by atoms with Crippen molar-refractivity contribution in [2.24, 2.45) is 10.2 Å². The average Bonchev–Trinajstić information content (AvgIpc) is 3.44. The lowest BCUT2D eigenvalue weighted by molar-refractivity contribution is 1.17. The number of nitrogens with one attached hydrogen (secondary N) is 1. The summed E-state index contributed by atoms with van der Waals surface area (Å²) < 4.78 is 0. The van der Waals surface area contributed by atoms with Gasteiger partial charge in [-0.3, -0.25) is 0 Å². The van der Waals surface area contributed by atoms with Crippen molar-refractivity contribution in [1.82, 2.24) is 9.97 Å². The SMILES string of the molecule is CC1=CC=CC1.CC1=NN=C(c2ccccc2)C1.Cc1nc2ccccc2[nH]1. The lowest BCUT2D eigenvalue weighted by Crippen LogP contribution is -2.00. The van der Waals surface area contributed by atoms with Gasteiger partial charge in [0.05, 0.1) is 16.7 Å². The second-order valence-electron chi connectivity index (χ2n) is 6.91. The van der Waals surface area contributed by atoms with Crippen LogP contribution in [-0.2, 0) is 0 Å². The number of rotatable bonds is 1. The Morgan fingerprint density at radius 3 is 2.18 bits per heavy atom. The Morgan fingerprint density at radius 1 is 0.857 bits per heavy atom. The molecule has 1 aliphatic heterocycles. The maximum Gasteiger partial charge on any atom is 0.104 e. The van der Waals surface area contributed by atoms with Gasteiger partial charge < -0.3 is 4.98 Å². The van der Waals surface area contributed by atoms with Crippen molar-refractivity contribution in [3.05, 3.63) is 89.8 Å². The highest BCUT2D eigenvalue weighted by atomic mass is 15.2. The third kappa shape index (κ3) is 5.61. The van der Waals surface area contributed by atoms with E-state index in [-0.39, 0.29) is 0 Å². The van der Waals surface area contributed by atoms with Gasteiger partial charge in [0.1, 0.15) is 5.82 Å². The van der Waals surface area contributed by atoms with Crippen LogP contribution in [0.15, 0.2) is 88.6 Å². The maximum absolute atomic E-state index is 4.26. The number of hydrogen-bond donors (Lipinski definition) is 1. The predicted octanol–water partition coefficient (Wildman–Crippen LogP) is 6.02. The molecule has 1 aliphatic carbocycles. The summed E-state index contributed by atoms with van der Waals surface area (Å²) >= 11 is 0. The molecule has 4 heteroatoms. The summed E-state index contributed by atoms with van der Waals surface area (Å²) in [5.41, 5.74) is 6.97. The molecule has 0 atom stereocenters. The molecule has 0 unspecified atom stereocenters. The van der Waals surface area contributed by atoms with Gasteiger partial charge in [0.25, 0.3) is 0 Å². The highest BCUT2D eigenvalue weighted by molar-refractivity contribution is 6.14. The number of aryl methyl sites for hydroxylation is 1. The minimum atomic E-state index is 0.893. The number of H-pyrrole nitrogens is 1. The molecule has 2 heterocycles. The van der Waals surface area contributed by atoms with Crippen LogP contribution in [0.25, 0.3) is 11.0 Å². The van der Waals surface area contributed by atoms with Crippen molar-refractivity contribution < 1.29 is 0 Å². The van der Waals surface area contributed by atoms with Gasteiger partial charge in [0, 0.05) is 12.1 Å². The summed E-state index contributed by atoms with van der Waals surface area (Å²) in [6.07, 6.45) is 8.45. The Labute approximate surface area is 166 Å². The molecule has 5 rings (SSSR count). The van der Waals surface area contributed by atoms with Crippen LogP contribution in [0.5, 0.6) is 0 Å². The fourth-order valence-electron chi connectivity index (χ4n) is 2.88. The maximum atomic E-state index is 4.26. The molecular weight excluding hydrogens is 344 g/mol. The van der Waals surface area contributed by atoms with Crippen LogP contribution in [-0.4, -0.2) is 21.4 Å². The van der Waals surface area contributed by atoms with E-state index in [4.69, 9.17) is 0 Å². The van der Waals surface area contributed by atoms with E-state index in [2.05, 4.69) is 57.5 Å². The van der Waals surface area contributed by atoms with Crippen LogP contribution in [0.4, 0.5) is 0 Å². The van der Waals surface area contributed by atoms with Crippen LogP contribution >= 0.6 is 0 Å². The van der Waals surface area contributed by atoms with Crippen LogP contribution in [0.1, 0.15) is 38.1 Å². The van der Waals surface area contributed by atoms with Crippen molar-refractivity contribution in [1.29, 1.82) is 0 Å². The average molecular weight is 371 g/mol. The number of aromatic nitrogens is 2. The highest BCUT2D eigenvalue weighted by Crippen LogP contribution is 2.11. The molecule has 0 fully saturated rings. The number of hydrogen-bond acceptors (Lipinski definition) is 3. The summed E-state index contributed by atoms with van der Waals surface area (Å²) in [5.74, 6) is 0.973. The Kier molecular flexibility index (Phi) is 6.68. The van der Waals surface area contributed by atoms with E-state index in [1.807, 2.05) is 56.3 Å². The standard InChI is InChI=1S/C10H10N2.C8H8N2.C6H8/c1-8-7-10(12-11-8)9-5-3-2-4-6-9;1-6-9-7-4-2-3-5-8(7)10-6;1-6-4-2-3-5-6/h2-6H,7H2,1H3;2-5H,1H3,(H,9,10);2-4H,5H2,1H3. The normalized spacial score (nSPS) is 14.5. The second kappa shape index (κ2) is 9.60. The largest absolute Gasteiger partial charge is 0.342 e. The van der Waals surface area contributed by atoms with E-state index in [0.717, 1.165) is 34.7 Å². The molecule has 0 spiro atoms. The topological polar surface area (TPSA) is 53.4 Å². The molecule has 0 bridgehead atoms. The van der Waals surface area contributed by atoms with E-state index in [9.17, 15) is 0 Å². The fourth-order valence-corrected chi connectivity index (χ4v) is 2.88. The Hall–Kier alpha value is -3.27. The summed E-state index contributed by atoms with van der Waals surface area (Å²) in [6, 6.07) is 18.2. The molecule has 0 amide bonds. The number of allylic oxidation sites excluding steroid dienone is 4. The lowest BCUT2D eigenvalue weighted by Gasteiger charge is -1.97. The first-order valence-electron chi connectivity index (χ1n) is 9.51. The fraction of sp³-hybridized carbons (Fsp3) is 0.208. The second-order valence-corrected chi connectivity index (χ2v) is 6.91. The third-order valence-corrected chi connectivity index (χ3v) is 4.34. The number of nitrogens with zero attached hydrogens (tertiary/aromatic N) is 3. The molecule has 1 N–H and O–H groups in total. The highest BCUT2D eigenvalue weighted by Gasteiger charge is 2.09. The predicted molar refractivity (Wildman–Crippen MR) is 119 cm³/mol. The van der Waals surface area contributed by atoms with E-state index >= 15 is 0 Å². The van der Waals surface area contributed by atoms with E-state index in [0.29, 0.717) is 0 Å². The molecule has 142 valence electrons. The Morgan fingerprint density at radius 2 is 1.61 bits per heavy atom. The molecule has 28 heavy (non-hydrogen) atoms. The quantitative estimate of drug-likeness (QED) is 0.559. The monoisotopic (exact) mass is 370 g/mol. The van der Waals surface area contributed by atoms with Gasteiger partial charge in [-0.15, -0.1) is 0 Å². The first-order chi connectivity index (χ1) is 13.6. The number of imidazole rings is 1. The zero-order valence-electron chi connectivity index (χ0n) is 16.7. The molecule has 2 aliphatic rings. The zero-order chi connectivity index (χ0) is 19.8. The van der Waals surface area contributed by atoms with Crippen LogP contribution in [0.3, 0.4) is 0 Å². The van der Waals surface area contributed by atoms with Crippen molar-refractivity contribution in [2.75, 3.05) is 0 Å². The van der Waals surface area contributed by atoms with Crippen molar-refractivity contribution in [3.8, 4) is 0 Å². The Balaban J connectivity index is 0.000000127. The van der Waals surface area contributed by atoms with Crippen molar-refractivity contribution in [2.45, 2.75) is 33.6 Å². The van der Waals surface area contributed by atoms with Crippen LogP contribution in [0.2, 0.25) is 0 Å². The molecule has 4 nitrogen and oxygen atoms in total. The number of para-hydroxylation sites is 2. The summed E-state index contributed by atoms with van der Waals surface area (Å²) in [7, 11) is 0. The first-order valence-corrected chi connectivity index (χ1v) is 9.51. The molecule has 0 radical (unpaired) electrons. The number of aromatic amines is 1. The molecule has 0 saturated heterocycles. The van der Waals surface area contributed by atoms with Crippen molar-refractivity contribution in [3.63, 3.8) is 0 Å². The van der Waals surface area contributed by atoms with E-state index < -0.39 is 0 Å². The summed E-state index contributed by atoms with van der Waals surface area (Å²) in [5, 5.41) is 8.09. The van der Waals surface area contributed by atoms with Gasteiger partial charge in [0.15, 0.2) is 0 Å². The van der Waals surface area contributed by atoms with E-state index in [1.165, 1.54) is 17.6 Å². The molecule has 2 aromatic carbocycles. The smallest absolute Gasteiger partial charge is 0.104 e. The molecule has 3 aromatic rings. The summed E-state index contributed by atoms with van der Waals surface area (Å²) in [4.78, 5) is 7.40. The minimum Gasteiger partial charge on any atom is -0.342 e. The third-order valence-electron chi connectivity index (χ3n) is 4.34. The minimum absolute atomic E-state index is 0.893. The first kappa shape index (κ1) is 19.5. The molecule has 0 saturated carbocycles. The van der Waals surface area contributed by atoms with E-state index in [1.54, 1.807) is 0 Å². The van der Waals surface area contributed by atoms with Crippen molar-refractivity contribution >= 4 is 22.5 Å². The lowest BCUT2D eigenvalue weighted by atomic mass is 10.1. The van der Waals surface area contributed by atoms with Gasteiger partial charge in [-0.05, 0) is 44.9 Å². The van der Waals surface area contributed by atoms with Gasteiger partial charge in [-0.25, -0.2) is 4.98 Å². The van der Waals surface area contributed by atoms with Gasteiger partial charge in [-0.2, -0.15) is 10.2 Å². The molecular formula is C24H26N4. The Bertz CT molecular complexity index is 1000. The van der Waals surface area contributed by atoms with Gasteiger partial charge in [-0.1, -0.05) is 66.3 Å². The zero-order valence-corrected chi connectivity index (χ0v) is 16.7. The summed E-state index contributed by atoms with van der Waals surface area (Å²) in [6.45, 7) is 6.10. The van der Waals surface area contributed by atoms with Gasteiger partial charge in [0.2, 0.25) is 0 Å².